The Labute approximate surface area is 135 Å². The van der Waals surface area contributed by atoms with Crippen molar-refractivity contribution in [2.24, 2.45) is 0 Å². The van der Waals surface area contributed by atoms with Crippen LogP contribution in [0.1, 0.15) is 37.8 Å². The van der Waals surface area contributed by atoms with Crippen LogP contribution < -0.4 is 5.32 Å². The zero-order chi connectivity index (χ0) is 15.6. The lowest BCUT2D eigenvalue weighted by Gasteiger charge is -2.23. The molecule has 3 aromatic heterocycles. The SMILES string of the molecule is Cc1cn2c(-c3cncc(NC4CCCCC4)n3)cnc2cn1. The summed E-state index contributed by atoms with van der Waals surface area (Å²) in [6, 6.07) is 0.516. The Bertz CT molecular complexity index is 819. The minimum Gasteiger partial charge on any atom is -0.366 e. The fourth-order valence-electron chi connectivity index (χ4n) is 3.19. The van der Waals surface area contributed by atoms with E-state index < -0.39 is 0 Å². The molecule has 118 valence electrons. The molecule has 0 unspecified atom stereocenters. The summed E-state index contributed by atoms with van der Waals surface area (Å²) < 4.78 is 2.01. The summed E-state index contributed by atoms with van der Waals surface area (Å²) in [7, 11) is 0. The number of rotatable bonds is 3. The molecule has 0 aliphatic heterocycles. The average molecular weight is 308 g/mol. The molecule has 0 aromatic carbocycles. The third kappa shape index (κ3) is 2.88. The third-order valence-electron chi connectivity index (χ3n) is 4.38. The van der Waals surface area contributed by atoms with Crippen molar-refractivity contribution in [1.82, 2.24) is 24.3 Å². The molecule has 0 spiro atoms. The maximum atomic E-state index is 4.73. The first-order chi connectivity index (χ1) is 11.3. The van der Waals surface area contributed by atoms with Crippen molar-refractivity contribution < 1.29 is 0 Å². The van der Waals surface area contributed by atoms with Crippen LogP contribution in [0.5, 0.6) is 0 Å². The largest absolute Gasteiger partial charge is 0.366 e. The van der Waals surface area contributed by atoms with Gasteiger partial charge in [-0.3, -0.25) is 14.4 Å². The van der Waals surface area contributed by atoms with E-state index >= 15 is 0 Å². The number of imidazole rings is 1. The Kier molecular flexibility index (Phi) is 3.65. The van der Waals surface area contributed by atoms with Gasteiger partial charge in [0.2, 0.25) is 0 Å². The number of hydrogen-bond donors (Lipinski definition) is 1. The molecule has 6 heteroatoms. The van der Waals surface area contributed by atoms with E-state index in [1.54, 1.807) is 18.6 Å². The second-order valence-electron chi connectivity index (χ2n) is 6.17. The highest BCUT2D eigenvalue weighted by Gasteiger charge is 2.15. The van der Waals surface area contributed by atoms with Crippen molar-refractivity contribution in [2.75, 3.05) is 5.32 Å². The van der Waals surface area contributed by atoms with Gasteiger partial charge in [-0.1, -0.05) is 19.3 Å². The maximum absolute atomic E-state index is 4.73. The van der Waals surface area contributed by atoms with Crippen LogP contribution in [0.3, 0.4) is 0 Å². The van der Waals surface area contributed by atoms with Gasteiger partial charge in [0.15, 0.2) is 5.65 Å². The van der Waals surface area contributed by atoms with Crippen LogP contribution in [0.15, 0.2) is 31.0 Å². The highest BCUT2D eigenvalue weighted by molar-refractivity contribution is 5.60. The molecule has 0 atom stereocenters. The van der Waals surface area contributed by atoms with Crippen LogP contribution in [0.25, 0.3) is 17.0 Å². The first-order valence-electron chi connectivity index (χ1n) is 8.18. The van der Waals surface area contributed by atoms with Gasteiger partial charge in [-0.25, -0.2) is 9.97 Å². The molecule has 4 rings (SSSR count). The normalized spacial score (nSPS) is 15.9. The Morgan fingerprint density at radius 1 is 1.04 bits per heavy atom. The van der Waals surface area contributed by atoms with Crippen molar-refractivity contribution in [3.05, 3.63) is 36.7 Å². The van der Waals surface area contributed by atoms with Crippen molar-refractivity contribution in [3.63, 3.8) is 0 Å². The van der Waals surface area contributed by atoms with Crippen LogP contribution in [-0.4, -0.2) is 30.4 Å². The van der Waals surface area contributed by atoms with Gasteiger partial charge in [0.1, 0.15) is 11.5 Å². The van der Waals surface area contributed by atoms with Gasteiger partial charge >= 0.3 is 0 Å². The molecule has 23 heavy (non-hydrogen) atoms. The minimum absolute atomic E-state index is 0.516. The van der Waals surface area contributed by atoms with Crippen molar-refractivity contribution in [3.8, 4) is 11.4 Å². The molecule has 1 saturated carbocycles. The number of hydrogen-bond acceptors (Lipinski definition) is 5. The van der Waals surface area contributed by atoms with E-state index in [1.165, 1.54) is 32.1 Å². The fourth-order valence-corrected chi connectivity index (χ4v) is 3.19. The Balaban J connectivity index is 1.65. The first-order valence-corrected chi connectivity index (χ1v) is 8.18. The van der Waals surface area contributed by atoms with Crippen LogP contribution >= 0.6 is 0 Å². The minimum atomic E-state index is 0.516. The molecular weight excluding hydrogens is 288 g/mol. The quantitative estimate of drug-likeness (QED) is 0.804. The number of nitrogens with zero attached hydrogens (tertiary/aromatic N) is 5. The molecule has 0 amide bonds. The second kappa shape index (κ2) is 5.95. The van der Waals surface area contributed by atoms with E-state index in [0.717, 1.165) is 28.5 Å². The molecule has 1 aliphatic carbocycles. The first kappa shape index (κ1) is 14.1. The smallest absolute Gasteiger partial charge is 0.155 e. The van der Waals surface area contributed by atoms with Gasteiger partial charge in [0.05, 0.1) is 36.2 Å². The van der Waals surface area contributed by atoms with Crippen LogP contribution in [0.4, 0.5) is 5.82 Å². The Morgan fingerprint density at radius 3 is 2.78 bits per heavy atom. The molecule has 0 bridgehead atoms. The van der Waals surface area contributed by atoms with Gasteiger partial charge < -0.3 is 5.32 Å². The van der Waals surface area contributed by atoms with E-state index in [9.17, 15) is 0 Å². The summed E-state index contributed by atoms with van der Waals surface area (Å²) in [5.74, 6) is 0.843. The lowest BCUT2D eigenvalue weighted by atomic mass is 9.95. The summed E-state index contributed by atoms with van der Waals surface area (Å²) in [6.45, 7) is 1.97. The molecule has 1 N–H and O–H groups in total. The fraction of sp³-hybridized carbons (Fsp3) is 0.412. The van der Waals surface area contributed by atoms with Crippen LogP contribution in [0, 0.1) is 6.92 Å². The predicted octanol–water partition coefficient (Wildman–Crippen LogP) is 3.24. The lowest BCUT2D eigenvalue weighted by Crippen LogP contribution is -2.22. The van der Waals surface area contributed by atoms with Gasteiger partial charge in [0, 0.05) is 12.2 Å². The van der Waals surface area contributed by atoms with Crippen molar-refractivity contribution in [2.45, 2.75) is 45.1 Å². The summed E-state index contributed by atoms with van der Waals surface area (Å²) in [4.78, 5) is 17.8. The van der Waals surface area contributed by atoms with E-state index in [0.29, 0.717) is 6.04 Å². The molecule has 1 fully saturated rings. The van der Waals surface area contributed by atoms with E-state index in [1.807, 2.05) is 23.7 Å². The van der Waals surface area contributed by atoms with Gasteiger partial charge in [-0.2, -0.15) is 0 Å². The Morgan fingerprint density at radius 2 is 1.91 bits per heavy atom. The highest BCUT2D eigenvalue weighted by atomic mass is 15.1. The van der Waals surface area contributed by atoms with E-state index in [4.69, 9.17) is 4.98 Å². The summed E-state index contributed by atoms with van der Waals surface area (Å²) in [5, 5.41) is 3.53. The van der Waals surface area contributed by atoms with Crippen LogP contribution in [-0.2, 0) is 0 Å². The summed E-state index contributed by atoms with van der Waals surface area (Å²) >= 11 is 0. The average Bonchev–Trinajstić information content (AvgIpc) is 2.99. The van der Waals surface area contributed by atoms with Gasteiger partial charge in [0.25, 0.3) is 0 Å². The molecule has 1 aliphatic rings. The van der Waals surface area contributed by atoms with Crippen LogP contribution in [0.2, 0.25) is 0 Å². The zero-order valence-electron chi connectivity index (χ0n) is 13.2. The molecule has 3 aromatic rings. The van der Waals surface area contributed by atoms with Crippen molar-refractivity contribution in [1.29, 1.82) is 0 Å². The monoisotopic (exact) mass is 308 g/mol. The number of nitrogens with one attached hydrogen (secondary N) is 1. The summed E-state index contributed by atoms with van der Waals surface area (Å²) in [5.41, 5.74) is 3.52. The number of aryl methyl sites for hydroxylation is 1. The lowest BCUT2D eigenvalue weighted by molar-refractivity contribution is 0.462. The van der Waals surface area contributed by atoms with Gasteiger partial charge in [-0.05, 0) is 19.8 Å². The van der Waals surface area contributed by atoms with E-state index in [-0.39, 0.29) is 0 Å². The maximum Gasteiger partial charge on any atom is 0.155 e. The number of anilines is 1. The number of fused-ring (bicyclic) bond motifs is 1. The van der Waals surface area contributed by atoms with Gasteiger partial charge in [-0.15, -0.1) is 0 Å². The second-order valence-corrected chi connectivity index (χ2v) is 6.17. The Hall–Kier alpha value is -2.50. The summed E-state index contributed by atoms with van der Waals surface area (Å²) in [6.07, 6.45) is 15.5. The molecule has 0 radical (unpaired) electrons. The third-order valence-corrected chi connectivity index (χ3v) is 4.38. The molecular formula is C17H20N6. The standard InChI is InChI=1S/C17H20N6/c1-12-11-23-15(8-20-17(23)10-19-12)14-7-18-9-16(22-14)21-13-5-3-2-4-6-13/h7-11,13H,2-6H2,1H3,(H,21,22). The predicted molar refractivity (Wildman–Crippen MR) is 89.2 cm³/mol. The molecule has 0 saturated heterocycles. The highest BCUT2D eigenvalue weighted by Crippen LogP contribution is 2.23. The topological polar surface area (TPSA) is 68.0 Å². The van der Waals surface area contributed by atoms with E-state index in [2.05, 4.69) is 20.3 Å². The molecule has 6 nitrogen and oxygen atoms in total. The molecule has 3 heterocycles. The zero-order valence-corrected chi connectivity index (χ0v) is 13.2. The number of aromatic nitrogens is 5. The van der Waals surface area contributed by atoms with Crippen molar-refractivity contribution >= 4 is 11.5 Å².